The van der Waals surface area contributed by atoms with Crippen molar-refractivity contribution in [1.82, 2.24) is 9.97 Å². The van der Waals surface area contributed by atoms with Crippen LogP contribution in [0.4, 0.5) is 5.82 Å². The van der Waals surface area contributed by atoms with Crippen molar-refractivity contribution < 1.29 is 0 Å². The molecule has 0 bridgehead atoms. The second-order valence-corrected chi connectivity index (χ2v) is 4.71. The molecule has 1 aromatic rings. The van der Waals surface area contributed by atoms with Gasteiger partial charge in [0.05, 0.1) is 0 Å². The summed E-state index contributed by atoms with van der Waals surface area (Å²) in [7, 11) is 0. The molecular formula is C13H24N4. The highest BCUT2D eigenvalue weighted by atomic mass is 15.0. The molecule has 0 unspecified atom stereocenters. The zero-order chi connectivity index (χ0) is 12.9. The van der Waals surface area contributed by atoms with Crippen molar-refractivity contribution in [2.24, 2.45) is 11.1 Å². The molecule has 0 aliphatic carbocycles. The molecule has 0 aliphatic rings. The zero-order valence-corrected chi connectivity index (χ0v) is 11.4. The molecule has 0 radical (unpaired) electrons. The van der Waals surface area contributed by atoms with Crippen LogP contribution in [0.3, 0.4) is 0 Å². The number of anilines is 1. The minimum atomic E-state index is 0.173. The standard InChI is InChI=1S/C13H24N4/c1-5-13(6-2,8-14)9-15-12-7-10(3)16-11(4)17-12/h7H,5-6,8-9,14H2,1-4H3,(H,15,16,17). The Kier molecular flexibility index (Phi) is 4.87. The van der Waals surface area contributed by atoms with Gasteiger partial charge in [-0.2, -0.15) is 0 Å². The first-order valence-corrected chi connectivity index (χ1v) is 6.31. The Bertz CT molecular complexity index is 330. The fraction of sp³-hybridized carbons (Fsp3) is 0.692. The zero-order valence-electron chi connectivity index (χ0n) is 11.4. The van der Waals surface area contributed by atoms with Crippen molar-refractivity contribution in [2.45, 2.75) is 40.5 Å². The average molecular weight is 236 g/mol. The van der Waals surface area contributed by atoms with Crippen LogP contribution in [0.1, 0.15) is 38.2 Å². The van der Waals surface area contributed by atoms with Crippen LogP contribution in [0.5, 0.6) is 0 Å². The lowest BCUT2D eigenvalue weighted by molar-refractivity contribution is 0.294. The van der Waals surface area contributed by atoms with Gasteiger partial charge in [-0.15, -0.1) is 0 Å². The Hall–Kier alpha value is -1.16. The molecule has 0 saturated heterocycles. The molecule has 1 heterocycles. The predicted molar refractivity (Wildman–Crippen MR) is 72.1 cm³/mol. The minimum Gasteiger partial charge on any atom is -0.369 e. The van der Waals surface area contributed by atoms with Gasteiger partial charge in [-0.3, -0.25) is 0 Å². The van der Waals surface area contributed by atoms with Crippen molar-refractivity contribution in [3.05, 3.63) is 17.6 Å². The molecular weight excluding hydrogens is 212 g/mol. The smallest absolute Gasteiger partial charge is 0.129 e. The van der Waals surface area contributed by atoms with Crippen LogP contribution in [0, 0.1) is 19.3 Å². The number of aromatic nitrogens is 2. The summed E-state index contributed by atoms with van der Waals surface area (Å²) in [4.78, 5) is 8.64. The van der Waals surface area contributed by atoms with Crippen LogP contribution in [0.25, 0.3) is 0 Å². The van der Waals surface area contributed by atoms with Crippen LogP contribution < -0.4 is 11.1 Å². The van der Waals surface area contributed by atoms with Crippen molar-refractivity contribution in [3.63, 3.8) is 0 Å². The highest BCUT2D eigenvalue weighted by Gasteiger charge is 2.24. The van der Waals surface area contributed by atoms with E-state index in [1.165, 1.54) is 0 Å². The lowest BCUT2D eigenvalue weighted by Gasteiger charge is -2.30. The highest BCUT2D eigenvalue weighted by Crippen LogP contribution is 2.25. The Balaban J connectivity index is 2.71. The van der Waals surface area contributed by atoms with Gasteiger partial charge in [0.1, 0.15) is 11.6 Å². The minimum absolute atomic E-state index is 0.173. The summed E-state index contributed by atoms with van der Waals surface area (Å²) in [5, 5.41) is 3.39. The van der Waals surface area contributed by atoms with Gasteiger partial charge in [-0.25, -0.2) is 9.97 Å². The quantitative estimate of drug-likeness (QED) is 0.795. The van der Waals surface area contributed by atoms with Gasteiger partial charge in [0.25, 0.3) is 0 Å². The van der Waals surface area contributed by atoms with Gasteiger partial charge in [0.15, 0.2) is 0 Å². The van der Waals surface area contributed by atoms with E-state index in [-0.39, 0.29) is 5.41 Å². The number of hydrogen-bond donors (Lipinski definition) is 2. The molecule has 3 N–H and O–H groups in total. The third-order valence-corrected chi connectivity index (χ3v) is 3.54. The largest absolute Gasteiger partial charge is 0.369 e. The number of nitrogens with zero attached hydrogens (tertiary/aromatic N) is 2. The van der Waals surface area contributed by atoms with E-state index in [1.807, 2.05) is 19.9 Å². The summed E-state index contributed by atoms with van der Waals surface area (Å²) < 4.78 is 0. The van der Waals surface area contributed by atoms with Crippen molar-refractivity contribution in [2.75, 3.05) is 18.4 Å². The molecule has 0 fully saturated rings. The summed E-state index contributed by atoms with van der Waals surface area (Å²) in [5.74, 6) is 1.70. The fourth-order valence-corrected chi connectivity index (χ4v) is 1.95. The molecule has 0 atom stereocenters. The van der Waals surface area contributed by atoms with E-state index >= 15 is 0 Å². The van der Waals surface area contributed by atoms with Crippen LogP contribution in [0.15, 0.2) is 6.07 Å². The summed E-state index contributed by atoms with van der Waals surface area (Å²) >= 11 is 0. The van der Waals surface area contributed by atoms with Crippen LogP contribution in [-0.2, 0) is 0 Å². The topological polar surface area (TPSA) is 63.8 Å². The third kappa shape index (κ3) is 3.66. The normalized spacial score (nSPS) is 11.6. The maximum Gasteiger partial charge on any atom is 0.129 e. The molecule has 0 amide bonds. The van der Waals surface area contributed by atoms with Crippen LogP contribution in [0.2, 0.25) is 0 Å². The van der Waals surface area contributed by atoms with Crippen molar-refractivity contribution in [3.8, 4) is 0 Å². The summed E-state index contributed by atoms with van der Waals surface area (Å²) in [6.45, 7) is 9.84. The van der Waals surface area contributed by atoms with Gasteiger partial charge in [0.2, 0.25) is 0 Å². The van der Waals surface area contributed by atoms with E-state index in [1.54, 1.807) is 0 Å². The van der Waals surface area contributed by atoms with E-state index in [0.29, 0.717) is 6.54 Å². The molecule has 0 aliphatic heterocycles. The third-order valence-electron chi connectivity index (χ3n) is 3.54. The molecule has 17 heavy (non-hydrogen) atoms. The summed E-state index contributed by atoms with van der Waals surface area (Å²) in [5.41, 5.74) is 7.05. The van der Waals surface area contributed by atoms with Gasteiger partial charge < -0.3 is 11.1 Å². The maximum atomic E-state index is 5.88. The second-order valence-electron chi connectivity index (χ2n) is 4.71. The van der Waals surface area contributed by atoms with Gasteiger partial charge >= 0.3 is 0 Å². The van der Waals surface area contributed by atoms with Gasteiger partial charge in [-0.1, -0.05) is 13.8 Å². The van der Waals surface area contributed by atoms with E-state index in [9.17, 15) is 0 Å². The summed E-state index contributed by atoms with van der Waals surface area (Å²) in [6, 6.07) is 1.97. The predicted octanol–water partition coefficient (Wildman–Crippen LogP) is 2.27. The van der Waals surface area contributed by atoms with E-state index in [4.69, 9.17) is 5.73 Å². The lowest BCUT2D eigenvalue weighted by Crippen LogP contribution is -2.36. The van der Waals surface area contributed by atoms with Crippen LogP contribution >= 0.6 is 0 Å². The highest BCUT2D eigenvalue weighted by molar-refractivity contribution is 5.36. The average Bonchev–Trinajstić information content (AvgIpc) is 2.30. The molecule has 4 heteroatoms. The van der Waals surface area contributed by atoms with Crippen molar-refractivity contribution in [1.29, 1.82) is 0 Å². The number of aryl methyl sites for hydroxylation is 2. The monoisotopic (exact) mass is 236 g/mol. The molecule has 1 aromatic heterocycles. The molecule has 0 saturated carbocycles. The van der Waals surface area contributed by atoms with Gasteiger partial charge in [-0.05, 0) is 38.6 Å². The Labute approximate surface area is 104 Å². The molecule has 4 nitrogen and oxygen atoms in total. The molecule has 1 rings (SSSR count). The maximum absolute atomic E-state index is 5.88. The SMILES string of the molecule is CCC(CC)(CN)CNc1cc(C)nc(C)n1. The number of hydrogen-bond acceptors (Lipinski definition) is 4. The summed E-state index contributed by atoms with van der Waals surface area (Å²) in [6.07, 6.45) is 2.16. The Morgan fingerprint density at radius 3 is 2.35 bits per heavy atom. The molecule has 96 valence electrons. The number of rotatable bonds is 6. The van der Waals surface area contributed by atoms with E-state index in [2.05, 4.69) is 29.1 Å². The number of nitrogens with one attached hydrogen (secondary N) is 1. The molecule has 0 spiro atoms. The van der Waals surface area contributed by atoms with Gasteiger partial charge in [0, 0.05) is 18.3 Å². The van der Waals surface area contributed by atoms with Crippen LogP contribution in [-0.4, -0.2) is 23.1 Å². The Morgan fingerprint density at radius 2 is 1.88 bits per heavy atom. The second kappa shape index (κ2) is 5.96. The molecule has 0 aromatic carbocycles. The number of nitrogens with two attached hydrogens (primary N) is 1. The fourth-order valence-electron chi connectivity index (χ4n) is 1.95. The van der Waals surface area contributed by atoms with E-state index < -0.39 is 0 Å². The first-order chi connectivity index (χ1) is 8.05. The first-order valence-electron chi connectivity index (χ1n) is 6.31. The first kappa shape index (κ1) is 13.9. The Morgan fingerprint density at radius 1 is 1.24 bits per heavy atom. The lowest BCUT2D eigenvalue weighted by atomic mass is 9.82. The van der Waals surface area contributed by atoms with Crippen molar-refractivity contribution >= 4 is 5.82 Å². The van der Waals surface area contributed by atoms with E-state index in [0.717, 1.165) is 36.7 Å².